The largest absolute Gasteiger partial charge is 0.338 e. The molecule has 1 aromatic rings. The normalized spacial score (nSPS) is 15.4. The molecule has 0 bridgehead atoms. The Labute approximate surface area is 142 Å². The maximum atomic E-state index is 12.5. The van der Waals surface area contributed by atoms with Gasteiger partial charge in [0.15, 0.2) is 0 Å². The van der Waals surface area contributed by atoms with Gasteiger partial charge < -0.3 is 20.1 Å². The summed E-state index contributed by atoms with van der Waals surface area (Å²) in [6.45, 7) is 5.65. The number of nitrogens with one attached hydrogen (secondary N) is 2. The van der Waals surface area contributed by atoms with Gasteiger partial charge in [-0.2, -0.15) is 0 Å². The molecule has 2 N–H and O–H groups in total. The van der Waals surface area contributed by atoms with Crippen LogP contribution in [0.5, 0.6) is 0 Å². The lowest BCUT2D eigenvalue weighted by atomic mass is 9.96. The average molecular weight is 334 g/mol. The highest BCUT2D eigenvalue weighted by molar-refractivity contribution is 5.93. The molecule has 2 rings (SSSR count). The molecule has 1 aliphatic heterocycles. The second-order valence-corrected chi connectivity index (χ2v) is 6.58. The molecule has 0 unspecified atom stereocenters. The predicted octanol–water partition coefficient (Wildman–Crippen LogP) is 0.945. The van der Waals surface area contributed by atoms with Gasteiger partial charge in [0.2, 0.25) is 0 Å². The molecule has 0 aromatic carbocycles. The van der Waals surface area contributed by atoms with Gasteiger partial charge in [0.25, 0.3) is 11.5 Å². The topological polar surface area (TPSA) is 83.4 Å². The Balaban J connectivity index is 1.84. The first kappa shape index (κ1) is 18.0. The molecule has 3 amide bonds. The summed E-state index contributed by atoms with van der Waals surface area (Å²) in [5.41, 5.74) is -0.0514. The van der Waals surface area contributed by atoms with Crippen molar-refractivity contribution in [2.75, 3.05) is 19.6 Å². The van der Waals surface area contributed by atoms with E-state index < -0.39 is 0 Å². The van der Waals surface area contributed by atoms with Crippen molar-refractivity contribution >= 4 is 11.9 Å². The highest BCUT2D eigenvalue weighted by Crippen LogP contribution is 2.17. The third kappa shape index (κ3) is 4.59. The molecule has 1 fully saturated rings. The zero-order valence-electron chi connectivity index (χ0n) is 14.5. The quantitative estimate of drug-likeness (QED) is 0.860. The third-order valence-corrected chi connectivity index (χ3v) is 4.23. The van der Waals surface area contributed by atoms with Crippen LogP contribution in [-0.4, -0.2) is 47.1 Å². The molecule has 0 aliphatic carbocycles. The number of carbonyl (C=O) groups excluding carboxylic acids is 2. The van der Waals surface area contributed by atoms with E-state index in [1.54, 1.807) is 30.3 Å². The van der Waals surface area contributed by atoms with E-state index in [9.17, 15) is 14.4 Å². The molecule has 1 saturated heterocycles. The van der Waals surface area contributed by atoms with E-state index in [1.165, 1.54) is 4.57 Å². The van der Waals surface area contributed by atoms with Gasteiger partial charge >= 0.3 is 6.03 Å². The Morgan fingerprint density at radius 2 is 1.96 bits per heavy atom. The van der Waals surface area contributed by atoms with Gasteiger partial charge in [-0.3, -0.25) is 9.59 Å². The molecule has 0 atom stereocenters. The van der Waals surface area contributed by atoms with E-state index in [2.05, 4.69) is 10.6 Å². The molecule has 0 spiro atoms. The summed E-state index contributed by atoms with van der Waals surface area (Å²) >= 11 is 0. The van der Waals surface area contributed by atoms with Crippen molar-refractivity contribution in [1.29, 1.82) is 0 Å². The number of aryl methyl sites for hydroxylation is 1. The van der Waals surface area contributed by atoms with Crippen molar-refractivity contribution in [2.24, 2.45) is 13.0 Å². The fraction of sp³-hybridized carbons (Fsp3) is 0.588. The Hall–Kier alpha value is -2.31. The zero-order valence-corrected chi connectivity index (χ0v) is 14.5. The van der Waals surface area contributed by atoms with Crippen LogP contribution < -0.4 is 16.2 Å². The van der Waals surface area contributed by atoms with Gasteiger partial charge in [0, 0.05) is 38.9 Å². The second-order valence-electron chi connectivity index (χ2n) is 6.58. The number of piperidine rings is 1. The Kier molecular flexibility index (Phi) is 6.00. The minimum absolute atomic E-state index is 0.109. The fourth-order valence-electron chi connectivity index (χ4n) is 2.82. The minimum Gasteiger partial charge on any atom is -0.338 e. The van der Waals surface area contributed by atoms with Crippen molar-refractivity contribution in [2.45, 2.75) is 32.7 Å². The van der Waals surface area contributed by atoms with Crippen LogP contribution >= 0.6 is 0 Å². The zero-order chi connectivity index (χ0) is 17.7. The smallest absolute Gasteiger partial charge is 0.314 e. The number of urea groups is 1. The number of rotatable bonds is 4. The van der Waals surface area contributed by atoms with Gasteiger partial charge in [-0.25, -0.2) is 4.79 Å². The molecule has 0 radical (unpaired) electrons. The molecular weight excluding hydrogens is 308 g/mol. The third-order valence-electron chi connectivity index (χ3n) is 4.23. The first-order valence-corrected chi connectivity index (χ1v) is 8.37. The van der Waals surface area contributed by atoms with Gasteiger partial charge in [-0.1, -0.05) is 0 Å². The fourth-order valence-corrected chi connectivity index (χ4v) is 2.82. The number of aromatic nitrogens is 1. The Bertz CT molecular complexity index is 645. The van der Waals surface area contributed by atoms with Crippen LogP contribution in [0.1, 0.15) is 37.0 Å². The van der Waals surface area contributed by atoms with Crippen molar-refractivity contribution in [1.82, 2.24) is 20.1 Å². The summed E-state index contributed by atoms with van der Waals surface area (Å²) in [7, 11) is 1.64. The van der Waals surface area contributed by atoms with E-state index in [0.717, 1.165) is 12.8 Å². The van der Waals surface area contributed by atoms with Crippen LogP contribution in [0.15, 0.2) is 23.1 Å². The Morgan fingerprint density at radius 1 is 1.29 bits per heavy atom. The van der Waals surface area contributed by atoms with E-state index in [0.29, 0.717) is 25.6 Å². The van der Waals surface area contributed by atoms with Crippen LogP contribution in [0.4, 0.5) is 4.79 Å². The Morgan fingerprint density at radius 3 is 2.58 bits per heavy atom. The summed E-state index contributed by atoms with van der Waals surface area (Å²) in [6, 6.07) is 3.24. The van der Waals surface area contributed by atoms with Crippen molar-refractivity contribution in [3.8, 4) is 0 Å². The molecule has 7 nitrogen and oxygen atoms in total. The maximum absolute atomic E-state index is 12.5. The van der Waals surface area contributed by atoms with Crippen LogP contribution in [-0.2, 0) is 7.05 Å². The van der Waals surface area contributed by atoms with Crippen molar-refractivity contribution in [3.05, 3.63) is 34.2 Å². The average Bonchev–Trinajstić information content (AvgIpc) is 2.55. The highest BCUT2D eigenvalue weighted by Gasteiger charge is 2.25. The minimum atomic E-state index is -0.267. The summed E-state index contributed by atoms with van der Waals surface area (Å²) in [5.74, 6) is 0.144. The van der Waals surface area contributed by atoms with Crippen LogP contribution in [0.3, 0.4) is 0 Å². The first-order chi connectivity index (χ1) is 11.4. The molecule has 7 heteroatoms. The van der Waals surface area contributed by atoms with Crippen molar-refractivity contribution in [3.63, 3.8) is 0 Å². The van der Waals surface area contributed by atoms with Crippen LogP contribution in [0, 0.1) is 5.92 Å². The lowest BCUT2D eigenvalue weighted by Crippen LogP contribution is -2.45. The van der Waals surface area contributed by atoms with E-state index in [-0.39, 0.29) is 29.1 Å². The SMILES string of the molecule is CC(C)NC(=O)NCC1CCN(C(=O)c2cccn(C)c2=O)CC1. The van der Waals surface area contributed by atoms with E-state index in [1.807, 2.05) is 13.8 Å². The van der Waals surface area contributed by atoms with Crippen molar-refractivity contribution < 1.29 is 9.59 Å². The van der Waals surface area contributed by atoms with Gasteiger partial charge in [0.1, 0.15) is 5.56 Å². The molecule has 0 saturated carbocycles. The molecule has 132 valence electrons. The van der Waals surface area contributed by atoms with E-state index >= 15 is 0 Å². The number of hydrogen-bond acceptors (Lipinski definition) is 3. The van der Waals surface area contributed by atoms with Gasteiger partial charge in [-0.05, 0) is 44.7 Å². The number of hydrogen-bond donors (Lipinski definition) is 2. The predicted molar refractivity (Wildman–Crippen MR) is 92.0 cm³/mol. The van der Waals surface area contributed by atoms with Gasteiger partial charge in [-0.15, -0.1) is 0 Å². The van der Waals surface area contributed by atoms with Crippen LogP contribution in [0.2, 0.25) is 0 Å². The summed E-state index contributed by atoms with van der Waals surface area (Å²) in [5, 5.41) is 5.66. The summed E-state index contributed by atoms with van der Waals surface area (Å²) < 4.78 is 1.41. The first-order valence-electron chi connectivity index (χ1n) is 8.37. The molecule has 2 heterocycles. The lowest BCUT2D eigenvalue weighted by Gasteiger charge is -2.32. The monoisotopic (exact) mass is 334 g/mol. The summed E-state index contributed by atoms with van der Waals surface area (Å²) in [4.78, 5) is 37.9. The molecule has 1 aromatic heterocycles. The molecule has 24 heavy (non-hydrogen) atoms. The molecular formula is C17H26N4O3. The van der Waals surface area contributed by atoms with Gasteiger partial charge in [0.05, 0.1) is 0 Å². The second kappa shape index (κ2) is 7.99. The number of nitrogens with zero attached hydrogens (tertiary/aromatic N) is 2. The van der Waals surface area contributed by atoms with Crippen LogP contribution in [0.25, 0.3) is 0 Å². The summed E-state index contributed by atoms with van der Waals surface area (Å²) in [6.07, 6.45) is 3.28. The number of carbonyl (C=O) groups is 2. The lowest BCUT2D eigenvalue weighted by molar-refractivity contribution is 0.0688. The highest BCUT2D eigenvalue weighted by atomic mass is 16.2. The number of pyridine rings is 1. The number of amides is 3. The van der Waals surface area contributed by atoms with E-state index in [4.69, 9.17) is 0 Å². The maximum Gasteiger partial charge on any atom is 0.314 e. The standard InChI is InChI=1S/C17H26N4O3/c1-12(2)19-17(24)18-11-13-6-9-21(10-7-13)16(23)14-5-4-8-20(3)15(14)22/h4-5,8,12-13H,6-7,9-11H2,1-3H3,(H2,18,19,24). The number of likely N-dealkylation sites (tertiary alicyclic amines) is 1. The molecule has 1 aliphatic rings.